The maximum atomic E-state index is 13.2. The molecular formula is C14H10FN3O2. The fourth-order valence-corrected chi connectivity index (χ4v) is 1.77. The third kappa shape index (κ3) is 2.23. The Morgan fingerprint density at radius 1 is 1.20 bits per heavy atom. The van der Waals surface area contributed by atoms with Gasteiger partial charge >= 0.3 is 0 Å². The highest BCUT2D eigenvalue weighted by molar-refractivity contribution is 5.64. The van der Waals surface area contributed by atoms with Crippen LogP contribution in [0.4, 0.5) is 4.39 Å². The van der Waals surface area contributed by atoms with Crippen molar-refractivity contribution in [2.24, 2.45) is 0 Å². The van der Waals surface area contributed by atoms with Crippen LogP contribution in [0.15, 0.2) is 41.1 Å². The minimum atomic E-state index is -0.494. The summed E-state index contributed by atoms with van der Waals surface area (Å²) in [4.78, 5) is 8.26. The van der Waals surface area contributed by atoms with Gasteiger partial charge in [0.1, 0.15) is 17.3 Å². The van der Waals surface area contributed by atoms with Crippen LogP contribution in [-0.2, 0) is 0 Å². The molecule has 0 saturated heterocycles. The molecule has 5 nitrogen and oxygen atoms in total. The molecule has 3 aromatic rings. The monoisotopic (exact) mass is 271 g/mol. The molecule has 20 heavy (non-hydrogen) atoms. The summed E-state index contributed by atoms with van der Waals surface area (Å²) in [7, 11) is 0. The lowest BCUT2D eigenvalue weighted by Crippen LogP contribution is -1.87. The lowest BCUT2D eigenvalue weighted by Gasteiger charge is -1.98. The van der Waals surface area contributed by atoms with Crippen molar-refractivity contribution in [2.75, 3.05) is 0 Å². The van der Waals surface area contributed by atoms with Crippen molar-refractivity contribution >= 4 is 0 Å². The van der Waals surface area contributed by atoms with Crippen LogP contribution in [0.5, 0.6) is 5.75 Å². The number of nitrogens with zero attached hydrogens (tertiary/aromatic N) is 3. The molecule has 0 aliphatic rings. The Labute approximate surface area is 113 Å². The summed E-state index contributed by atoms with van der Waals surface area (Å²) in [5, 5.41) is 13.5. The predicted octanol–water partition coefficient (Wildman–Crippen LogP) is 2.95. The Morgan fingerprint density at radius 3 is 2.85 bits per heavy atom. The summed E-state index contributed by atoms with van der Waals surface area (Å²) in [6, 6.07) is 7.18. The molecule has 1 N–H and O–H groups in total. The van der Waals surface area contributed by atoms with E-state index in [1.54, 1.807) is 12.3 Å². The van der Waals surface area contributed by atoms with E-state index in [1.165, 1.54) is 6.07 Å². The van der Waals surface area contributed by atoms with Crippen molar-refractivity contribution < 1.29 is 14.0 Å². The van der Waals surface area contributed by atoms with E-state index in [0.717, 1.165) is 17.7 Å². The number of benzene rings is 1. The lowest BCUT2D eigenvalue weighted by atomic mass is 10.2. The number of aromatic hydroxyl groups is 1. The Bertz CT molecular complexity index is 771. The number of hydrogen-bond acceptors (Lipinski definition) is 5. The zero-order valence-corrected chi connectivity index (χ0v) is 10.5. The maximum absolute atomic E-state index is 13.2. The molecule has 6 heteroatoms. The first-order valence-electron chi connectivity index (χ1n) is 5.89. The third-order valence-corrected chi connectivity index (χ3v) is 2.76. The molecule has 3 rings (SSSR count). The number of hydrogen-bond donors (Lipinski definition) is 1. The highest BCUT2D eigenvalue weighted by atomic mass is 19.1. The van der Waals surface area contributed by atoms with Gasteiger partial charge in [0, 0.05) is 6.20 Å². The molecule has 0 atom stereocenters. The van der Waals surface area contributed by atoms with Crippen LogP contribution in [0.25, 0.3) is 23.0 Å². The van der Waals surface area contributed by atoms with Crippen LogP contribution in [-0.4, -0.2) is 20.2 Å². The zero-order valence-electron chi connectivity index (χ0n) is 10.5. The summed E-state index contributed by atoms with van der Waals surface area (Å²) >= 11 is 0. The number of rotatable bonds is 2. The molecule has 0 fully saturated rings. The summed E-state index contributed by atoms with van der Waals surface area (Å²) in [6.45, 7) is 1.92. The Morgan fingerprint density at radius 2 is 2.05 bits per heavy atom. The van der Waals surface area contributed by atoms with E-state index in [0.29, 0.717) is 5.69 Å². The largest absolute Gasteiger partial charge is 0.507 e. The Balaban J connectivity index is 2.04. The van der Waals surface area contributed by atoms with Gasteiger partial charge in [0.2, 0.25) is 5.82 Å². The second-order valence-electron chi connectivity index (χ2n) is 4.30. The molecule has 0 saturated carbocycles. The zero-order chi connectivity index (χ0) is 14.1. The van der Waals surface area contributed by atoms with Gasteiger partial charge < -0.3 is 9.63 Å². The Hall–Kier alpha value is -2.76. The molecule has 0 amide bonds. The van der Waals surface area contributed by atoms with Crippen LogP contribution in [0, 0.1) is 12.7 Å². The SMILES string of the molecule is Cc1ccnc(-c2noc(-c3cc(F)ccc3O)n2)c1. The minimum absolute atomic E-state index is 0.0420. The van der Waals surface area contributed by atoms with Crippen molar-refractivity contribution in [3.8, 4) is 28.7 Å². The third-order valence-electron chi connectivity index (χ3n) is 2.76. The van der Waals surface area contributed by atoms with E-state index in [9.17, 15) is 9.50 Å². The van der Waals surface area contributed by atoms with E-state index in [2.05, 4.69) is 15.1 Å². The van der Waals surface area contributed by atoms with Crippen LogP contribution in [0.3, 0.4) is 0 Å². The normalized spacial score (nSPS) is 10.7. The van der Waals surface area contributed by atoms with Gasteiger partial charge in [-0.15, -0.1) is 0 Å². The number of phenols is 1. The highest BCUT2D eigenvalue weighted by Crippen LogP contribution is 2.29. The van der Waals surface area contributed by atoms with Gasteiger partial charge in [-0.05, 0) is 42.8 Å². The van der Waals surface area contributed by atoms with Gasteiger partial charge in [0.15, 0.2) is 0 Å². The van der Waals surface area contributed by atoms with Crippen molar-refractivity contribution in [1.82, 2.24) is 15.1 Å². The van der Waals surface area contributed by atoms with Crippen LogP contribution in [0.1, 0.15) is 5.56 Å². The molecule has 0 spiro atoms. The first kappa shape index (κ1) is 12.3. The summed E-state index contributed by atoms with van der Waals surface area (Å²) in [6.07, 6.45) is 1.64. The van der Waals surface area contributed by atoms with E-state index in [1.807, 2.05) is 13.0 Å². The summed E-state index contributed by atoms with van der Waals surface area (Å²) in [5.74, 6) is -0.294. The van der Waals surface area contributed by atoms with Crippen molar-refractivity contribution in [2.45, 2.75) is 6.92 Å². The number of phenolic OH excluding ortho intramolecular Hbond substituents is 1. The van der Waals surface area contributed by atoms with E-state index in [-0.39, 0.29) is 23.0 Å². The number of aromatic nitrogens is 3. The fraction of sp³-hybridized carbons (Fsp3) is 0.0714. The van der Waals surface area contributed by atoms with Crippen molar-refractivity contribution in [3.63, 3.8) is 0 Å². The average molecular weight is 271 g/mol. The Kier molecular flexibility index (Phi) is 2.90. The molecule has 0 radical (unpaired) electrons. The van der Waals surface area contributed by atoms with Gasteiger partial charge in [0.05, 0.1) is 5.56 Å². The van der Waals surface area contributed by atoms with Gasteiger partial charge in [-0.25, -0.2) is 4.39 Å². The molecule has 0 aliphatic heterocycles. The number of aryl methyl sites for hydroxylation is 1. The van der Waals surface area contributed by atoms with E-state index >= 15 is 0 Å². The molecular weight excluding hydrogens is 261 g/mol. The topological polar surface area (TPSA) is 72.0 Å². The standard InChI is InChI=1S/C14H10FN3O2/c1-8-4-5-16-11(6-8)13-17-14(20-18-13)10-7-9(15)2-3-12(10)19/h2-7,19H,1H3. The smallest absolute Gasteiger partial charge is 0.262 e. The van der Waals surface area contributed by atoms with E-state index in [4.69, 9.17) is 4.52 Å². The van der Waals surface area contributed by atoms with Crippen LogP contribution < -0.4 is 0 Å². The fourth-order valence-electron chi connectivity index (χ4n) is 1.77. The number of pyridine rings is 1. The van der Waals surface area contributed by atoms with Crippen LogP contribution >= 0.6 is 0 Å². The van der Waals surface area contributed by atoms with Gasteiger partial charge in [-0.1, -0.05) is 5.16 Å². The molecule has 0 aliphatic carbocycles. The number of halogens is 1. The second-order valence-corrected chi connectivity index (χ2v) is 4.30. The predicted molar refractivity (Wildman–Crippen MR) is 69.3 cm³/mol. The molecule has 0 bridgehead atoms. The quantitative estimate of drug-likeness (QED) is 0.775. The second kappa shape index (κ2) is 4.73. The first-order valence-corrected chi connectivity index (χ1v) is 5.89. The molecule has 0 unspecified atom stereocenters. The minimum Gasteiger partial charge on any atom is -0.507 e. The van der Waals surface area contributed by atoms with Crippen molar-refractivity contribution in [1.29, 1.82) is 0 Å². The summed E-state index contributed by atoms with van der Waals surface area (Å²) in [5.41, 5.74) is 1.71. The van der Waals surface area contributed by atoms with Gasteiger partial charge in [-0.3, -0.25) is 4.98 Å². The molecule has 1 aromatic carbocycles. The average Bonchev–Trinajstić information content (AvgIpc) is 2.91. The van der Waals surface area contributed by atoms with Gasteiger partial charge in [-0.2, -0.15) is 4.98 Å². The van der Waals surface area contributed by atoms with E-state index < -0.39 is 5.82 Å². The van der Waals surface area contributed by atoms with Gasteiger partial charge in [0.25, 0.3) is 5.89 Å². The maximum Gasteiger partial charge on any atom is 0.262 e. The molecule has 2 heterocycles. The highest BCUT2D eigenvalue weighted by Gasteiger charge is 2.15. The lowest BCUT2D eigenvalue weighted by molar-refractivity contribution is 0.425. The molecule has 2 aromatic heterocycles. The molecule has 100 valence electrons. The first-order chi connectivity index (χ1) is 9.63. The summed E-state index contributed by atoms with van der Waals surface area (Å²) < 4.78 is 18.3. The van der Waals surface area contributed by atoms with Crippen LogP contribution in [0.2, 0.25) is 0 Å². The van der Waals surface area contributed by atoms with Crippen molar-refractivity contribution in [3.05, 3.63) is 47.9 Å².